The number of anilines is 2. The normalized spacial score (nSPS) is 16.3. The number of nitrogens with zero attached hydrogens (tertiary/aromatic N) is 4. The molecule has 0 bridgehead atoms. The van der Waals surface area contributed by atoms with E-state index < -0.39 is 0 Å². The Morgan fingerprint density at radius 2 is 2.12 bits per heavy atom. The number of hydrogen-bond acceptors (Lipinski definition) is 5. The molecule has 2 aromatic rings. The highest BCUT2D eigenvalue weighted by atomic mass is 127. The van der Waals surface area contributed by atoms with Crippen LogP contribution in [0.15, 0.2) is 47.6 Å². The van der Waals surface area contributed by atoms with E-state index in [9.17, 15) is 0 Å². The second-order valence-electron chi connectivity index (χ2n) is 7.92. The van der Waals surface area contributed by atoms with Crippen LogP contribution < -0.4 is 20.4 Å². The number of benzene rings is 1. The van der Waals surface area contributed by atoms with Crippen LogP contribution >= 0.6 is 24.0 Å². The smallest absolute Gasteiger partial charge is 0.191 e. The summed E-state index contributed by atoms with van der Waals surface area (Å²) in [6.45, 7) is 12.3. The van der Waals surface area contributed by atoms with Gasteiger partial charge in [-0.1, -0.05) is 18.2 Å². The summed E-state index contributed by atoms with van der Waals surface area (Å²) in [5, 5.41) is 6.79. The molecule has 3 rings (SSSR count). The molecule has 1 atom stereocenters. The van der Waals surface area contributed by atoms with Gasteiger partial charge in [0.15, 0.2) is 5.96 Å². The summed E-state index contributed by atoms with van der Waals surface area (Å²) in [5.41, 5.74) is 3.67. The Kier molecular flexibility index (Phi) is 11.0. The van der Waals surface area contributed by atoms with Crippen LogP contribution in [0.5, 0.6) is 0 Å². The number of rotatable bonds is 8. The summed E-state index contributed by atoms with van der Waals surface area (Å²) in [6.07, 6.45) is 2.19. The van der Waals surface area contributed by atoms with Crippen molar-refractivity contribution in [2.24, 2.45) is 4.99 Å². The molecule has 0 radical (unpaired) electrons. The van der Waals surface area contributed by atoms with Gasteiger partial charge in [-0.15, -0.1) is 24.0 Å². The van der Waals surface area contributed by atoms with E-state index in [-0.39, 0.29) is 30.1 Å². The molecule has 0 aliphatic carbocycles. The maximum Gasteiger partial charge on any atom is 0.191 e. The maximum absolute atomic E-state index is 5.61. The molecule has 2 N–H and O–H groups in total. The van der Waals surface area contributed by atoms with E-state index in [0.29, 0.717) is 6.54 Å². The molecule has 7 nitrogen and oxygen atoms in total. The van der Waals surface area contributed by atoms with Gasteiger partial charge in [0.25, 0.3) is 0 Å². The minimum Gasteiger partial charge on any atom is -0.375 e. The Hall–Kier alpha value is -2.07. The number of aliphatic imine (C=N–C) groups is 1. The predicted octanol–water partition coefficient (Wildman–Crippen LogP) is 3.42. The first-order chi connectivity index (χ1) is 15.1. The molecule has 32 heavy (non-hydrogen) atoms. The average Bonchev–Trinajstić information content (AvgIpc) is 2.79. The number of likely N-dealkylation sites (N-methyl/N-ethyl adjacent to an activating group) is 1. The quantitative estimate of drug-likeness (QED) is 0.298. The lowest BCUT2D eigenvalue weighted by atomic mass is 10.2. The molecule has 1 unspecified atom stereocenters. The Labute approximate surface area is 209 Å². The first kappa shape index (κ1) is 26.2. The Bertz CT molecular complexity index is 845. The lowest BCUT2D eigenvalue weighted by Gasteiger charge is -2.32. The van der Waals surface area contributed by atoms with Crippen molar-refractivity contribution >= 4 is 41.4 Å². The number of nitrogens with one attached hydrogen (secondary N) is 2. The Morgan fingerprint density at radius 3 is 2.78 bits per heavy atom. The highest BCUT2D eigenvalue weighted by Crippen LogP contribution is 2.16. The average molecular weight is 553 g/mol. The van der Waals surface area contributed by atoms with Crippen LogP contribution in [0.3, 0.4) is 0 Å². The van der Waals surface area contributed by atoms with Crippen LogP contribution in [0.4, 0.5) is 11.5 Å². The highest BCUT2D eigenvalue weighted by Gasteiger charge is 2.17. The number of aromatic nitrogens is 1. The Balaban J connectivity index is 0.00000363. The summed E-state index contributed by atoms with van der Waals surface area (Å²) in [6, 6.07) is 12.8. The van der Waals surface area contributed by atoms with Gasteiger partial charge in [-0.05, 0) is 50.1 Å². The molecule has 1 saturated heterocycles. The fraction of sp³-hybridized carbons (Fsp3) is 0.500. The zero-order valence-electron chi connectivity index (χ0n) is 19.7. The van der Waals surface area contributed by atoms with E-state index in [4.69, 9.17) is 4.74 Å². The summed E-state index contributed by atoms with van der Waals surface area (Å²) in [7, 11) is 1.80. The van der Waals surface area contributed by atoms with Crippen molar-refractivity contribution in [1.82, 2.24) is 15.6 Å². The molecule has 1 aliphatic rings. The lowest BCUT2D eigenvalue weighted by Crippen LogP contribution is -2.42. The molecule has 1 aliphatic heterocycles. The first-order valence-electron chi connectivity index (χ1n) is 11.2. The van der Waals surface area contributed by atoms with E-state index in [1.807, 2.05) is 6.20 Å². The number of ether oxygens (including phenoxy) is 1. The van der Waals surface area contributed by atoms with Gasteiger partial charge in [-0.3, -0.25) is 4.99 Å². The van der Waals surface area contributed by atoms with Crippen molar-refractivity contribution in [2.75, 3.05) is 56.2 Å². The van der Waals surface area contributed by atoms with E-state index in [1.165, 1.54) is 11.3 Å². The van der Waals surface area contributed by atoms with Crippen molar-refractivity contribution in [3.8, 4) is 0 Å². The van der Waals surface area contributed by atoms with Crippen LogP contribution in [-0.2, 0) is 11.3 Å². The van der Waals surface area contributed by atoms with Gasteiger partial charge in [0, 0.05) is 58.2 Å². The highest BCUT2D eigenvalue weighted by molar-refractivity contribution is 14.0. The van der Waals surface area contributed by atoms with Gasteiger partial charge in [-0.2, -0.15) is 0 Å². The van der Waals surface area contributed by atoms with Crippen LogP contribution in [0, 0.1) is 6.92 Å². The molecule has 8 heteroatoms. The summed E-state index contributed by atoms with van der Waals surface area (Å²) >= 11 is 0. The van der Waals surface area contributed by atoms with Gasteiger partial charge in [0.05, 0.1) is 12.7 Å². The molecule has 1 aromatic heterocycles. The second kappa shape index (κ2) is 13.5. The number of halogens is 1. The summed E-state index contributed by atoms with van der Waals surface area (Å²) in [5.74, 6) is 1.81. The minimum absolute atomic E-state index is 0. The molecular weight excluding hydrogens is 515 g/mol. The van der Waals surface area contributed by atoms with Gasteiger partial charge >= 0.3 is 0 Å². The number of pyridine rings is 1. The van der Waals surface area contributed by atoms with E-state index in [2.05, 4.69) is 87.6 Å². The van der Waals surface area contributed by atoms with Crippen molar-refractivity contribution in [3.05, 3.63) is 53.7 Å². The number of morpholine rings is 1. The van der Waals surface area contributed by atoms with Crippen LogP contribution in [-0.4, -0.2) is 63.4 Å². The standard InChI is InChI=1S/C24H36N6O.HI/c1-5-29(22-8-6-7-19(2)15-22)12-11-26-24(25-4)28-17-21-9-10-23(27-16-21)30-13-14-31-20(3)18-30;/h6-10,15-16,20H,5,11-14,17-18H2,1-4H3,(H2,25,26,28);1H. The lowest BCUT2D eigenvalue weighted by molar-refractivity contribution is 0.0529. The molecule has 0 amide bonds. The fourth-order valence-electron chi connectivity index (χ4n) is 3.74. The summed E-state index contributed by atoms with van der Waals surface area (Å²) in [4.78, 5) is 13.6. The number of aryl methyl sites for hydroxylation is 1. The zero-order valence-corrected chi connectivity index (χ0v) is 22.0. The zero-order chi connectivity index (χ0) is 22.1. The van der Waals surface area contributed by atoms with Crippen molar-refractivity contribution < 1.29 is 4.74 Å². The molecule has 2 heterocycles. The van der Waals surface area contributed by atoms with Gasteiger partial charge in [-0.25, -0.2) is 4.98 Å². The number of guanidine groups is 1. The van der Waals surface area contributed by atoms with Crippen molar-refractivity contribution in [1.29, 1.82) is 0 Å². The third-order valence-electron chi connectivity index (χ3n) is 5.48. The van der Waals surface area contributed by atoms with E-state index >= 15 is 0 Å². The molecule has 1 aromatic carbocycles. The topological polar surface area (TPSA) is 65.0 Å². The maximum atomic E-state index is 5.61. The third-order valence-corrected chi connectivity index (χ3v) is 5.48. The monoisotopic (exact) mass is 552 g/mol. The van der Waals surface area contributed by atoms with Gasteiger partial charge in [0.1, 0.15) is 5.82 Å². The van der Waals surface area contributed by atoms with Crippen molar-refractivity contribution in [3.63, 3.8) is 0 Å². The molecular formula is C24H37IN6O. The predicted molar refractivity (Wildman–Crippen MR) is 145 cm³/mol. The molecule has 1 fully saturated rings. The van der Waals surface area contributed by atoms with Crippen LogP contribution in [0.1, 0.15) is 25.0 Å². The third kappa shape index (κ3) is 7.81. The largest absolute Gasteiger partial charge is 0.375 e. The summed E-state index contributed by atoms with van der Waals surface area (Å²) < 4.78 is 5.61. The SMILES string of the molecule is CCN(CCNC(=NC)NCc1ccc(N2CCOC(C)C2)nc1)c1cccc(C)c1.I. The van der Waals surface area contributed by atoms with E-state index in [1.54, 1.807) is 7.05 Å². The minimum atomic E-state index is 0. The Morgan fingerprint density at radius 1 is 1.28 bits per heavy atom. The fourth-order valence-corrected chi connectivity index (χ4v) is 3.74. The number of hydrogen-bond donors (Lipinski definition) is 2. The van der Waals surface area contributed by atoms with Gasteiger partial charge in [0.2, 0.25) is 0 Å². The molecule has 0 spiro atoms. The van der Waals surface area contributed by atoms with E-state index in [0.717, 1.165) is 56.7 Å². The van der Waals surface area contributed by atoms with Crippen molar-refractivity contribution in [2.45, 2.75) is 33.4 Å². The van der Waals surface area contributed by atoms with Crippen LogP contribution in [0.25, 0.3) is 0 Å². The van der Waals surface area contributed by atoms with Crippen LogP contribution in [0.2, 0.25) is 0 Å². The second-order valence-corrected chi connectivity index (χ2v) is 7.92. The first-order valence-corrected chi connectivity index (χ1v) is 11.2. The van der Waals surface area contributed by atoms with Gasteiger partial charge < -0.3 is 25.2 Å². The molecule has 176 valence electrons. The molecule has 0 saturated carbocycles.